The first-order valence-corrected chi connectivity index (χ1v) is 7.02. The summed E-state index contributed by atoms with van der Waals surface area (Å²) >= 11 is 0. The van der Waals surface area contributed by atoms with Crippen molar-refractivity contribution in [1.82, 2.24) is 0 Å². The minimum absolute atomic E-state index is 0.129. The molecule has 1 aliphatic rings. The van der Waals surface area contributed by atoms with E-state index in [9.17, 15) is 0 Å². The van der Waals surface area contributed by atoms with Crippen LogP contribution in [0.15, 0.2) is 41.6 Å². The topological polar surface area (TPSA) is 71.1 Å². The smallest absolute Gasteiger partial charge is 0.170 e. The Morgan fingerprint density at radius 3 is 2.71 bits per heavy atom. The maximum atomic E-state index is 8.93. The third-order valence-corrected chi connectivity index (χ3v) is 4.12. The molecule has 1 aliphatic heterocycles. The summed E-state index contributed by atoms with van der Waals surface area (Å²) in [4.78, 5) is 2.26. The second-order valence-corrected chi connectivity index (χ2v) is 5.29. The largest absolute Gasteiger partial charge is 0.409 e. The first-order valence-electron chi connectivity index (χ1n) is 7.02. The van der Waals surface area contributed by atoms with Gasteiger partial charge in [-0.1, -0.05) is 29.4 Å². The van der Waals surface area contributed by atoms with Crippen molar-refractivity contribution in [2.75, 3.05) is 25.2 Å². The number of benzene rings is 2. The van der Waals surface area contributed by atoms with E-state index < -0.39 is 0 Å². The Balaban J connectivity index is 2.12. The molecule has 0 spiro atoms. The van der Waals surface area contributed by atoms with E-state index in [1.165, 1.54) is 0 Å². The van der Waals surface area contributed by atoms with Crippen molar-refractivity contribution in [2.45, 2.75) is 12.5 Å². The highest BCUT2D eigenvalue weighted by Gasteiger charge is 2.22. The molecule has 1 saturated heterocycles. The van der Waals surface area contributed by atoms with Gasteiger partial charge in [0.25, 0.3) is 0 Å². The highest BCUT2D eigenvalue weighted by Crippen LogP contribution is 2.31. The van der Waals surface area contributed by atoms with Gasteiger partial charge in [0.15, 0.2) is 5.84 Å². The van der Waals surface area contributed by atoms with Crippen LogP contribution in [0.4, 0.5) is 5.69 Å². The van der Waals surface area contributed by atoms with Crippen LogP contribution in [0.5, 0.6) is 0 Å². The quantitative estimate of drug-likeness (QED) is 0.392. The van der Waals surface area contributed by atoms with Crippen LogP contribution in [0.2, 0.25) is 0 Å². The van der Waals surface area contributed by atoms with Crippen LogP contribution in [0.1, 0.15) is 12.0 Å². The Morgan fingerprint density at radius 2 is 2.05 bits per heavy atom. The Bertz CT molecular complexity index is 678. The minimum atomic E-state index is 0.129. The van der Waals surface area contributed by atoms with Crippen molar-refractivity contribution in [3.8, 4) is 0 Å². The molecule has 0 aliphatic carbocycles. The van der Waals surface area contributed by atoms with Gasteiger partial charge in [-0.25, -0.2) is 0 Å². The summed E-state index contributed by atoms with van der Waals surface area (Å²) in [5.74, 6) is 0.129. The van der Waals surface area contributed by atoms with Crippen LogP contribution in [0, 0.1) is 0 Å². The monoisotopic (exact) mass is 285 g/mol. The Morgan fingerprint density at radius 1 is 1.29 bits per heavy atom. The fourth-order valence-corrected chi connectivity index (χ4v) is 2.89. The maximum Gasteiger partial charge on any atom is 0.170 e. The van der Waals surface area contributed by atoms with E-state index in [1.807, 2.05) is 30.3 Å². The van der Waals surface area contributed by atoms with Gasteiger partial charge in [-0.05, 0) is 23.9 Å². The van der Waals surface area contributed by atoms with Gasteiger partial charge in [0.1, 0.15) is 0 Å². The molecule has 0 radical (unpaired) electrons. The van der Waals surface area contributed by atoms with Gasteiger partial charge >= 0.3 is 0 Å². The van der Waals surface area contributed by atoms with Gasteiger partial charge in [-0.15, -0.1) is 0 Å². The summed E-state index contributed by atoms with van der Waals surface area (Å²) in [6, 6.07) is 12.3. The van der Waals surface area contributed by atoms with E-state index in [0.29, 0.717) is 6.04 Å². The number of amidine groups is 1. The average Bonchev–Trinajstić information content (AvgIpc) is 3.07. The van der Waals surface area contributed by atoms with Gasteiger partial charge in [-0.3, -0.25) is 0 Å². The standard InChI is InChI=1S/C16H19N3O2/c1-19(11-8-9-21-10-11)15-7-6-14(16(17)18-20)12-4-2-3-5-13(12)15/h2-7,11,20H,8-10H2,1H3,(H2,17,18). The van der Waals surface area contributed by atoms with Crippen molar-refractivity contribution >= 4 is 22.3 Å². The lowest BCUT2D eigenvalue weighted by Gasteiger charge is -2.27. The molecular formula is C16H19N3O2. The third kappa shape index (κ3) is 2.40. The second-order valence-electron chi connectivity index (χ2n) is 5.29. The number of rotatable bonds is 3. The van der Waals surface area contributed by atoms with Gasteiger partial charge in [0.05, 0.1) is 12.6 Å². The van der Waals surface area contributed by atoms with E-state index in [2.05, 4.69) is 23.2 Å². The molecule has 2 aromatic rings. The molecule has 1 unspecified atom stereocenters. The summed E-state index contributed by atoms with van der Waals surface area (Å²) in [7, 11) is 2.09. The molecule has 0 amide bonds. The van der Waals surface area contributed by atoms with E-state index in [0.717, 1.165) is 41.7 Å². The number of hydrogen-bond donors (Lipinski definition) is 2. The van der Waals surface area contributed by atoms with Crippen LogP contribution in [0.25, 0.3) is 10.8 Å². The number of nitrogens with zero attached hydrogens (tertiary/aromatic N) is 2. The van der Waals surface area contributed by atoms with E-state index >= 15 is 0 Å². The molecule has 1 atom stereocenters. The van der Waals surface area contributed by atoms with Crippen LogP contribution in [-0.2, 0) is 4.74 Å². The van der Waals surface area contributed by atoms with E-state index in [4.69, 9.17) is 15.7 Å². The van der Waals surface area contributed by atoms with Crippen molar-refractivity contribution < 1.29 is 9.94 Å². The van der Waals surface area contributed by atoms with Crippen LogP contribution >= 0.6 is 0 Å². The Hall–Kier alpha value is -2.27. The van der Waals surface area contributed by atoms with E-state index in [1.54, 1.807) is 0 Å². The van der Waals surface area contributed by atoms with Crippen LogP contribution in [-0.4, -0.2) is 37.3 Å². The molecule has 3 rings (SSSR count). The molecule has 5 nitrogen and oxygen atoms in total. The molecule has 110 valence electrons. The normalized spacial score (nSPS) is 19.1. The summed E-state index contributed by atoms with van der Waals surface area (Å²) < 4.78 is 5.48. The number of likely N-dealkylation sites (N-methyl/N-ethyl adjacent to an activating group) is 1. The molecule has 2 aromatic carbocycles. The summed E-state index contributed by atoms with van der Waals surface area (Å²) in [6.45, 7) is 1.57. The number of anilines is 1. The van der Waals surface area contributed by atoms with Gasteiger partial charge in [-0.2, -0.15) is 0 Å². The van der Waals surface area contributed by atoms with Crippen molar-refractivity contribution in [3.63, 3.8) is 0 Å². The van der Waals surface area contributed by atoms with Crippen molar-refractivity contribution in [2.24, 2.45) is 10.9 Å². The second kappa shape index (κ2) is 5.61. The first kappa shape index (κ1) is 13.7. The number of nitrogens with two attached hydrogens (primary N) is 1. The molecule has 0 saturated carbocycles. The fourth-order valence-electron chi connectivity index (χ4n) is 2.89. The summed E-state index contributed by atoms with van der Waals surface area (Å²) in [5, 5.41) is 14.1. The highest BCUT2D eigenvalue weighted by atomic mass is 16.5. The molecule has 0 aromatic heterocycles. The number of fused-ring (bicyclic) bond motifs is 1. The molecule has 0 bridgehead atoms. The van der Waals surface area contributed by atoms with Crippen LogP contribution < -0.4 is 10.6 Å². The molecule has 1 heterocycles. The predicted molar refractivity (Wildman–Crippen MR) is 84.1 cm³/mol. The number of oxime groups is 1. The molecular weight excluding hydrogens is 266 g/mol. The third-order valence-electron chi connectivity index (χ3n) is 4.12. The molecule has 5 heteroatoms. The molecule has 21 heavy (non-hydrogen) atoms. The van der Waals surface area contributed by atoms with Gasteiger partial charge in [0.2, 0.25) is 0 Å². The zero-order valence-electron chi connectivity index (χ0n) is 12.0. The van der Waals surface area contributed by atoms with E-state index in [-0.39, 0.29) is 5.84 Å². The zero-order valence-corrected chi connectivity index (χ0v) is 12.0. The number of hydrogen-bond acceptors (Lipinski definition) is 4. The highest BCUT2D eigenvalue weighted by molar-refractivity contribution is 6.11. The van der Waals surface area contributed by atoms with Crippen molar-refractivity contribution in [3.05, 3.63) is 42.0 Å². The first-order chi connectivity index (χ1) is 10.2. The lowest BCUT2D eigenvalue weighted by molar-refractivity contribution is 0.193. The maximum absolute atomic E-state index is 8.93. The SMILES string of the molecule is CN(c1ccc(/C(N)=N/O)c2ccccc12)C1CCOC1. The zero-order chi connectivity index (χ0) is 14.8. The summed E-state index contributed by atoms with van der Waals surface area (Å²) in [6.07, 6.45) is 1.03. The van der Waals surface area contributed by atoms with Gasteiger partial charge < -0.3 is 20.6 Å². The summed E-state index contributed by atoms with van der Waals surface area (Å²) in [5.41, 5.74) is 7.65. The molecule has 3 N–H and O–H groups in total. The van der Waals surface area contributed by atoms with Gasteiger partial charge in [0, 0.05) is 30.3 Å². The lowest BCUT2D eigenvalue weighted by Crippen LogP contribution is -2.32. The Labute approximate surface area is 123 Å². The van der Waals surface area contributed by atoms with Crippen molar-refractivity contribution in [1.29, 1.82) is 0 Å². The van der Waals surface area contributed by atoms with Crippen LogP contribution in [0.3, 0.4) is 0 Å². The average molecular weight is 285 g/mol. The predicted octanol–water partition coefficient (Wildman–Crippen LogP) is 2.16. The molecule has 1 fully saturated rings. The Kier molecular flexibility index (Phi) is 3.66. The fraction of sp³-hybridized carbons (Fsp3) is 0.312. The number of ether oxygens (including phenoxy) is 1. The lowest BCUT2D eigenvalue weighted by atomic mass is 10.0. The minimum Gasteiger partial charge on any atom is -0.409 e.